The predicted molar refractivity (Wildman–Crippen MR) is 65.3 cm³/mol. The molecule has 8 heteroatoms. The van der Waals surface area contributed by atoms with Gasteiger partial charge in [0.15, 0.2) is 0 Å². The van der Waals surface area contributed by atoms with Crippen molar-refractivity contribution in [3.05, 3.63) is 18.5 Å². The Morgan fingerprint density at radius 1 is 1.33 bits per heavy atom. The molecule has 18 heavy (non-hydrogen) atoms. The number of rotatable bonds is 3. The summed E-state index contributed by atoms with van der Waals surface area (Å²) in [5.74, 6) is -0.133. The van der Waals surface area contributed by atoms with Crippen LogP contribution in [0.5, 0.6) is 0 Å². The molecule has 1 aliphatic rings. The first-order chi connectivity index (χ1) is 8.58. The molecule has 2 heterocycles. The lowest BCUT2D eigenvalue weighted by molar-refractivity contribution is -0.116. The summed E-state index contributed by atoms with van der Waals surface area (Å²) in [7, 11) is -3.28. The van der Waals surface area contributed by atoms with Crippen LogP contribution in [0.25, 0.3) is 0 Å². The maximum Gasteiger partial charge on any atom is 0.242 e. The molecule has 0 aromatic carbocycles. The van der Waals surface area contributed by atoms with Gasteiger partial charge in [-0.2, -0.15) is 4.31 Å². The first-order valence-corrected chi connectivity index (χ1v) is 7.23. The van der Waals surface area contributed by atoms with Crippen LogP contribution >= 0.6 is 0 Å². The highest BCUT2D eigenvalue weighted by Crippen LogP contribution is 2.13. The fourth-order valence-corrected chi connectivity index (χ4v) is 3.25. The predicted octanol–water partition coefficient (Wildman–Crippen LogP) is -0.159. The van der Waals surface area contributed by atoms with Gasteiger partial charge in [-0.05, 0) is 18.9 Å². The van der Waals surface area contributed by atoms with E-state index >= 15 is 0 Å². The van der Waals surface area contributed by atoms with Gasteiger partial charge in [0.25, 0.3) is 0 Å². The maximum absolute atomic E-state index is 11.7. The number of hydrogen-bond donors (Lipinski definition) is 1. The Hall–Kier alpha value is -1.54. The second-order valence-electron chi connectivity index (χ2n) is 3.98. The average molecular weight is 270 g/mol. The first-order valence-electron chi connectivity index (χ1n) is 5.62. The zero-order chi connectivity index (χ0) is 13.0. The van der Waals surface area contributed by atoms with Gasteiger partial charge in [-0.15, -0.1) is 0 Å². The molecule has 0 unspecified atom stereocenters. The van der Waals surface area contributed by atoms with E-state index in [1.54, 1.807) is 6.07 Å². The summed E-state index contributed by atoms with van der Waals surface area (Å²) in [6.45, 7) is 0.214. The zero-order valence-electron chi connectivity index (χ0n) is 9.74. The van der Waals surface area contributed by atoms with Crippen molar-refractivity contribution >= 4 is 21.9 Å². The third kappa shape index (κ3) is 3.23. The Balaban J connectivity index is 1.95. The monoisotopic (exact) mass is 270 g/mol. The summed E-state index contributed by atoms with van der Waals surface area (Å²) in [6.07, 6.45) is 4.44. The van der Waals surface area contributed by atoms with Crippen molar-refractivity contribution in [1.82, 2.24) is 14.3 Å². The Morgan fingerprint density at radius 2 is 2.06 bits per heavy atom. The fourth-order valence-electron chi connectivity index (χ4n) is 1.71. The van der Waals surface area contributed by atoms with Crippen molar-refractivity contribution in [2.75, 3.05) is 24.2 Å². The van der Waals surface area contributed by atoms with Crippen molar-refractivity contribution in [2.45, 2.75) is 12.8 Å². The summed E-state index contributed by atoms with van der Waals surface area (Å²) in [4.78, 5) is 19.3. The molecule has 1 amide bonds. The molecule has 0 aliphatic carbocycles. The van der Waals surface area contributed by atoms with Crippen LogP contribution in [-0.2, 0) is 14.8 Å². The highest BCUT2D eigenvalue weighted by molar-refractivity contribution is 7.89. The molecule has 0 spiro atoms. The van der Waals surface area contributed by atoms with E-state index in [0.29, 0.717) is 13.0 Å². The van der Waals surface area contributed by atoms with Crippen LogP contribution < -0.4 is 5.32 Å². The van der Waals surface area contributed by atoms with Gasteiger partial charge in [-0.25, -0.2) is 18.4 Å². The van der Waals surface area contributed by atoms with E-state index in [4.69, 9.17) is 0 Å². The number of sulfonamides is 1. The van der Waals surface area contributed by atoms with E-state index in [-0.39, 0.29) is 18.2 Å². The Bertz CT molecular complexity index is 517. The van der Waals surface area contributed by atoms with Crippen LogP contribution in [-0.4, -0.2) is 47.4 Å². The van der Waals surface area contributed by atoms with Gasteiger partial charge < -0.3 is 0 Å². The average Bonchev–Trinajstić information content (AvgIpc) is 2.33. The molecule has 0 radical (unpaired) electrons. The minimum absolute atomic E-state index is 0.113. The molecule has 98 valence electrons. The smallest absolute Gasteiger partial charge is 0.242 e. The van der Waals surface area contributed by atoms with Crippen molar-refractivity contribution < 1.29 is 13.2 Å². The van der Waals surface area contributed by atoms with Crippen LogP contribution in [0.2, 0.25) is 0 Å². The number of carbonyl (C=O) groups excluding carboxylic acids is 1. The maximum atomic E-state index is 11.7. The third-order valence-electron chi connectivity index (χ3n) is 2.59. The van der Waals surface area contributed by atoms with Gasteiger partial charge in [0.2, 0.25) is 21.9 Å². The normalized spacial score (nSPS) is 19.3. The molecular weight excluding hydrogens is 256 g/mol. The SMILES string of the molecule is O=C(CN1CCCCS1(=O)=O)Nc1ncccn1. The van der Waals surface area contributed by atoms with E-state index in [2.05, 4.69) is 15.3 Å². The van der Waals surface area contributed by atoms with Crippen LogP contribution in [0, 0.1) is 0 Å². The molecule has 0 bridgehead atoms. The Labute approximate surface area is 105 Å². The lowest BCUT2D eigenvalue weighted by Gasteiger charge is -2.25. The molecule has 1 N–H and O–H groups in total. The van der Waals surface area contributed by atoms with Gasteiger partial charge in [-0.1, -0.05) is 0 Å². The van der Waals surface area contributed by atoms with Gasteiger partial charge in [0.1, 0.15) is 0 Å². The molecule has 1 aromatic heterocycles. The van der Waals surface area contributed by atoms with Gasteiger partial charge in [0, 0.05) is 18.9 Å². The molecule has 0 saturated carbocycles. The van der Waals surface area contributed by atoms with Crippen molar-refractivity contribution in [1.29, 1.82) is 0 Å². The third-order valence-corrected chi connectivity index (χ3v) is 4.49. The molecule has 1 aromatic rings. The fraction of sp³-hybridized carbons (Fsp3) is 0.500. The summed E-state index contributed by atoms with van der Waals surface area (Å²) < 4.78 is 24.6. The lowest BCUT2D eigenvalue weighted by Crippen LogP contribution is -2.42. The largest absolute Gasteiger partial charge is 0.293 e. The quantitative estimate of drug-likeness (QED) is 0.824. The zero-order valence-corrected chi connectivity index (χ0v) is 10.6. The molecule has 7 nitrogen and oxygen atoms in total. The van der Waals surface area contributed by atoms with E-state index in [1.165, 1.54) is 16.7 Å². The molecular formula is C10H14N4O3S. The lowest BCUT2D eigenvalue weighted by atomic mass is 10.3. The minimum atomic E-state index is -3.28. The topological polar surface area (TPSA) is 92.3 Å². The van der Waals surface area contributed by atoms with Crippen molar-refractivity contribution in [3.63, 3.8) is 0 Å². The second-order valence-corrected chi connectivity index (χ2v) is 6.07. The molecule has 0 atom stereocenters. The van der Waals surface area contributed by atoms with E-state index < -0.39 is 15.9 Å². The van der Waals surface area contributed by atoms with Gasteiger partial charge in [0.05, 0.1) is 12.3 Å². The number of carbonyl (C=O) groups is 1. The highest BCUT2D eigenvalue weighted by Gasteiger charge is 2.27. The Morgan fingerprint density at radius 3 is 2.72 bits per heavy atom. The summed E-state index contributed by atoms with van der Waals surface area (Å²) >= 11 is 0. The van der Waals surface area contributed by atoms with Crippen LogP contribution in [0.3, 0.4) is 0 Å². The van der Waals surface area contributed by atoms with Crippen molar-refractivity contribution in [3.8, 4) is 0 Å². The number of anilines is 1. The van der Waals surface area contributed by atoms with Crippen molar-refractivity contribution in [2.24, 2.45) is 0 Å². The minimum Gasteiger partial charge on any atom is -0.293 e. The summed E-state index contributed by atoms with van der Waals surface area (Å²) in [6, 6.07) is 1.63. The van der Waals surface area contributed by atoms with E-state index in [0.717, 1.165) is 6.42 Å². The van der Waals surface area contributed by atoms with Gasteiger partial charge in [-0.3, -0.25) is 10.1 Å². The number of aromatic nitrogens is 2. The number of hydrogen-bond acceptors (Lipinski definition) is 5. The second kappa shape index (κ2) is 5.40. The number of amides is 1. The summed E-state index contributed by atoms with van der Waals surface area (Å²) in [5, 5.41) is 2.46. The van der Waals surface area contributed by atoms with Crippen LogP contribution in [0.4, 0.5) is 5.95 Å². The molecule has 1 fully saturated rings. The standard InChI is InChI=1S/C10H14N4O3S/c15-9(13-10-11-4-3-5-12-10)8-14-6-1-2-7-18(14,16)17/h3-5H,1-2,6-8H2,(H,11,12,13,15). The highest BCUT2D eigenvalue weighted by atomic mass is 32.2. The molecule has 1 aliphatic heterocycles. The van der Waals surface area contributed by atoms with Crippen LogP contribution in [0.15, 0.2) is 18.5 Å². The van der Waals surface area contributed by atoms with E-state index in [1.807, 2.05) is 0 Å². The van der Waals surface area contributed by atoms with Crippen LogP contribution in [0.1, 0.15) is 12.8 Å². The molecule has 1 saturated heterocycles. The Kier molecular flexibility index (Phi) is 3.87. The summed E-state index contributed by atoms with van der Waals surface area (Å²) in [5.41, 5.74) is 0. The first kappa shape index (κ1) is 12.9. The van der Waals surface area contributed by atoms with E-state index in [9.17, 15) is 13.2 Å². The number of nitrogens with zero attached hydrogens (tertiary/aromatic N) is 3. The van der Waals surface area contributed by atoms with Gasteiger partial charge >= 0.3 is 0 Å². The number of nitrogens with one attached hydrogen (secondary N) is 1. The molecule has 2 rings (SSSR count).